The molecule has 1 aliphatic heterocycles. The van der Waals surface area contributed by atoms with E-state index in [0.717, 1.165) is 37.7 Å². The summed E-state index contributed by atoms with van der Waals surface area (Å²) in [7, 11) is 0. The van der Waals surface area contributed by atoms with Crippen LogP contribution in [0.25, 0.3) is 0 Å². The van der Waals surface area contributed by atoms with E-state index < -0.39 is 0 Å². The summed E-state index contributed by atoms with van der Waals surface area (Å²) in [5.41, 5.74) is 4.19. The molecule has 0 saturated carbocycles. The van der Waals surface area contributed by atoms with Crippen molar-refractivity contribution in [3.8, 4) is 0 Å². The molecule has 0 unspecified atom stereocenters. The minimum Gasteiger partial charge on any atom is -0.463 e. The molecular weight excluding hydrogens is 260 g/mol. The molecule has 1 aromatic heterocycles. The van der Waals surface area contributed by atoms with E-state index in [2.05, 4.69) is 54.4 Å². The summed E-state index contributed by atoms with van der Waals surface area (Å²) in [5, 5.41) is 3.30. The number of aryl methyl sites for hydroxylation is 2. The lowest BCUT2D eigenvalue weighted by molar-refractivity contribution is 0.444. The second-order valence-corrected chi connectivity index (χ2v) is 5.81. The highest BCUT2D eigenvalue weighted by atomic mass is 16.3. The standard InChI is InChI=1S/C18H24N2O/c1-3-19-12-16-7-8-17(21-16)13-20-10-4-5-15-11-14(2)6-9-18(15)20/h6-9,11,19H,3-5,10,12-13H2,1-2H3. The smallest absolute Gasteiger partial charge is 0.123 e. The molecule has 1 N–H and O–H groups in total. The summed E-state index contributed by atoms with van der Waals surface area (Å²) >= 11 is 0. The zero-order valence-electron chi connectivity index (χ0n) is 13.0. The first-order valence-electron chi connectivity index (χ1n) is 7.89. The van der Waals surface area contributed by atoms with E-state index in [1.54, 1.807) is 0 Å². The highest BCUT2D eigenvalue weighted by Gasteiger charge is 2.18. The molecule has 0 saturated heterocycles. The third-order valence-corrected chi connectivity index (χ3v) is 4.06. The maximum atomic E-state index is 5.92. The van der Waals surface area contributed by atoms with Gasteiger partial charge in [0.2, 0.25) is 0 Å². The normalized spacial score (nSPS) is 14.3. The summed E-state index contributed by atoms with van der Waals surface area (Å²) in [6.07, 6.45) is 2.42. The van der Waals surface area contributed by atoms with Crippen LogP contribution < -0.4 is 10.2 Å². The van der Waals surface area contributed by atoms with Crippen LogP contribution in [-0.2, 0) is 19.5 Å². The van der Waals surface area contributed by atoms with Gasteiger partial charge < -0.3 is 14.6 Å². The molecule has 0 amide bonds. The van der Waals surface area contributed by atoms with E-state index in [1.807, 2.05) is 0 Å². The van der Waals surface area contributed by atoms with Crippen molar-refractivity contribution in [3.63, 3.8) is 0 Å². The molecule has 0 fully saturated rings. The first-order chi connectivity index (χ1) is 10.3. The first kappa shape index (κ1) is 14.2. The molecule has 1 aliphatic rings. The summed E-state index contributed by atoms with van der Waals surface area (Å²) in [4.78, 5) is 2.44. The molecule has 0 aliphatic carbocycles. The Morgan fingerprint density at radius 1 is 1.19 bits per heavy atom. The van der Waals surface area contributed by atoms with Crippen molar-refractivity contribution in [2.45, 2.75) is 39.8 Å². The van der Waals surface area contributed by atoms with Crippen molar-refractivity contribution >= 4 is 5.69 Å². The number of fused-ring (bicyclic) bond motifs is 1. The number of furan rings is 1. The van der Waals surface area contributed by atoms with Gasteiger partial charge in [0.25, 0.3) is 0 Å². The van der Waals surface area contributed by atoms with Crippen molar-refractivity contribution in [2.75, 3.05) is 18.0 Å². The van der Waals surface area contributed by atoms with E-state index in [0.29, 0.717) is 0 Å². The maximum Gasteiger partial charge on any atom is 0.123 e. The van der Waals surface area contributed by atoms with Gasteiger partial charge in [-0.2, -0.15) is 0 Å². The summed E-state index contributed by atoms with van der Waals surface area (Å²) in [5.74, 6) is 2.07. The van der Waals surface area contributed by atoms with Crippen molar-refractivity contribution in [3.05, 3.63) is 53.0 Å². The predicted octanol–water partition coefficient (Wildman–Crippen LogP) is 3.65. The second-order valence-electron chi connectivity index (χ2n) is 5.81. The number of benzene rings is 1. The zero-order valence-corrected chi connectivity index (χ0v) is 13.0. The van der Waals surface area contributed by atoms with E-state index in [-0.39, 0.29) is 0 Å². The molecule has 3 heteroatoms. The number of nitrogens with one attached hydrogen (secondary N) is 1. The third kappa shape index (κ3) is 3.30. The van der Waals surface area contributed by atoms with Gasteiger partial charge in [0.1, 0.15) is 11.5 Å². The van der Waals surface area contributed by atoms with E-state index in [1.165, 1.54) is 29.7 Å². The van der Waals surface area contributed by atoms with Gasteiger partial charge >= 0.3 is 0 Å². The van der Waals surface area contributed by atoms with Crippen LogP contribution in [-0.4, -0.2) is 13.1 Å². The average molecular weight is 284 g/mol. The largest absolute Gasteiger partial charge is 0.463 e. The van der Waals surface area contributed by atoms with Gasteiger partial charge in [-0.15, -0.1) is 0 Å². The molecule has 1 aromatic carbocycles. The zero-order chi connectivity index (χ0) is 14.7. The topological polar surface area (TPSA) is 28.4 Å². The van der Waals surface area contributed by atoms with Crippen molar-refractivity contribution in [2.24, 2.45) is 0 Å². The molecule has 0 atom stereocenters. The molecule has 2 aromatic rings. The Hall–Kier alpha value is -1.74. The van der Waals surface area contributed by atoms with E-state index in [9.17, 15) is 0 Å². The highest BCUT2D eigenvalue weighted by molar-refractivity contribution is 5.56. The minimum atomic E-state index is 0.812. The van der Waals surface area contributed by atoms with Crippen LogP contribution in [0.15, 0.2) is 34.7 Å². The van der Waals surface area contributed by atoms with Gasteiger partial charge in [-0.05, 0) is 50.1 Å². The Balaban J connectivity index is 1.73. The predicted molar refractivity (Wildman–Crippen MR) is 86.6 cm³/mol. The van der Waals surface area contributed by atoms with Crippen LogP contribution in [0.4, 0.5) is 5.69 Å². The van der Waals surface area contributed by atoms with Gasteiger partial charge in [-0.1, -0.05) is 24.6 Å². The molecule has 0 bridgehead atoms. The molecule has 0 radical (unpaired) electrons. The summed E-state index contributed by atoms with van der Waals surface area (Å²) in [6.45, 7) is 8.03. The van der Waals surface area contributed by atoms with Crippen LogP contribution in [0, 0.1) is 6.92 Å². The van der Waals surface area contributed by atoms with E-state index in [4.69, 9.17) is 4.42 Å². The summed E-state index contributed by atoms with van der Waals surface area (Å²) < 4.78 is 5.92. The Bertz CT molecular complexity index is 603. The Kier molecular flexibility index (Phi) is 4.30. The Labute approximate surface area is 127 Å². The fourth-order valence-corrected chi connectivity index (χ4v) is 3.01. The SMILES string of the molecule is CCNCc1ccc(CN2CCCc3cc(C)ccc32)o1. The van der Waals surface area contributed by atoms with Crippen LogP contribution in [0.5, 0.6) is 0 Å². The van der Waals surface area contributed by atoms with E-state index >= 15 is 0 Å². The average Bonchev–Trinajstić information content (AvgIpc) is 2.92. The number of hydrogen-bond acceptors (Lipinski definition) is 3. The molecule has 2 heterocycles. The lowest BCUT2D eigenvalue weighted by Gasteiger charge is -2.30. The number of nitrogens with zero attached hydrogens (tertiary/aromatic N) is 1. The van der Waals surface area contributed by atoms with Crippen molar-refractivity contribution in [1.29, 1.82) is 0 Å². The monoisotopic (exact) mass is 284 g/mol. The lowest BCUT2D eigenvalue weighted by atomic mass is 9.99. The van der Waals surface area contributed by atoms with Gasteiger partial charge in [0.15, 0.2) is 0 Å². The molecule has 0 spiro atoms. The number of rotatable bonds is 5. The first-order valence-corrected chi connectivity index (χ1v) is 7.89. The summed E-state index contributed by atoms with van der Waals surface area (Å²) in [6, 6.07) is 11.0. The maximum absolute atomic E-state index is 5.92. The quantitative estimate of drug-likeness (QED) is 0.908. The van der Waals surface area contributed by atoms with Gasteiger partial charge in [-0.3, -0.25) is 0 Å². The van der Waals surface area contributed by atoms with Crippen molar-refractivity contribution < 1.29 is 4.42 Å². The third-order valence-electron chi connectivity index (χ3n) is 4.06. The fraction of sp³-hybridized carbons (Fsp3) is 0.444. The van der Waals surface area contributed by atoms with Gasteiger partial charge in [0, 0.05) is 12.2 Å². The molecule has 21 heavy (non-hydrogen) atoms. The fourth-order valence-electron chi connectivity index (χ4n) is 3.01. The van der Waals surface area contributed by atoms with Gasteiger partial charge in [0.05, 0.1) is 13.1 Å². The van der Waals surface area contributed by atoms with Crippen LogP contribution >= 0.6 is 0 Å². The Morgan fingerprint density at radius 3 is 2.90 bits per heavy atom. The molecule has 3 rings (SSSR count). The molecular formula is C18H24N2O. The van der Waals surface area contributed by atoms with Crippen LogP contribution in [0.2, 0.25) is 0 Å². The molecule has 112 valence electrons. The van der Waals surface area contributed by atoms with Crippen molar-refractivity contribution in [1.82, 2.24) is 5.32 Å². The van der Waals surface area contributed by atoms with Gasteiger partial charge in [-0.25, -0.2) is 0 Å². The second kappa shape index (κ2) is 6.35. The van der Waals surface area contributed by atoms with Crippen LogP contribution in [0.3, 0.4) is 0 Å². The Morgan fingerprint density at radius 2 is 2.05 bits per heavy atom. The lowest BCUT2D eigenvalue weighted by Crippen LogP contribution is -2.28. The highest BCUT2D eigenvalue weighted by Crippen LogP contribution is 2.29. The van der Waals surface area contributed by atoms with Crippen LogP contribution in [0.1, 0.15) is 36.0 Å². The number of hydrogen-bond donors (Lipinski definition) is 1. The molecule has 3 nitrogen and oxygen atoms in total. The minimum absolute atomic E-state index is 0.812. The number of anilines is 1.